The summed E-state index contributed by atoms with van der Waals surface area (Å²) in [6.45, 7) is 1.44. The Morgan fingerprint density at radius 2 is 1.80 bits per heavy atom. The van der Waals surface area contributed by atoms with E-state index in [1.807, 2.05) is 0 Å². The van der Waals surface area contributed by atoms with Crippen molar-refractivity contribution in [2.24, 2.45) is 26.1 Å². The molecule has 3 rings (SSSR count). The first-order chi connectivity index (χ1) is 23.4. The lowest BCUT2D eigenvalue weighted by Crippen LogP contribution is -2.59. The summed E-state index contributed by atoms with van der Waals surface area (Å²) in [4.78, 5) is 88.5. The second-order valence-electron chi connectivity index (χ2n) is 11.8. The van der Waals surface area contributed by atoms with Gasteiger partial charge in [0.25, 0.3) is 0 Å². The van der Waals surface area contributed by atoms with Crippen molar-refractivity contribution in [2.75, 3.05) is 38.7 Å². The maximum absolute atomic E-state index is 12.7. The first kappa shape index (κ1) is 43.4. The lowest BCUT2D eigenvalue weighted by Gasteiger charge is -2.31. The zero-order chi connectivity index (χ0) is 38.6. The molecule has 1 saturated heterocycles. The molecule has 3 aliphatic heterocycles. The van der Waals surface area contributed by atoms with Crippen molar-refractivity contribution in [2.45, 2.75) is 63.5 Å². The minimum absolute atomic E-state index is 0.0874. The molecule has 1 fully saturated rings. The van der Waals surface area contributed by atoms with Gasteiger partial charge >= 0.3 is 23.5 Å². The van der Waals surface area contributed by atoms with Crippen LogP contribution < -0.4 is 16.4 Å². The van der Waals surface area contributed by atoms with E-state index >= 15 is 0 Å². The molecule has 0 aromatic heterocycles. The number of aliphatic hydroxyl groups is 2. The van der Waals surface area contributed by atoms with Crippen LogP contribution in [-0.2, 0) is 50.7 Å². The number of amidine groups is 1. The molecule has 0 aromatic rings. The van der Waals surface area contributed by atoms with Crippen LogP contribution in [0.3, 0.4) is 0 Å². The molecule has 10 N–H and O–H groups in total. The fraction of sp³-hybridized carbons (Fsp3) is 0.739. The highest BCUT2D eigenvalue weighted by Gasteiger charge is 2.54. The number of fused-ring (bicyclic) bond motifs is 1. The third kappa shape index (κ3) is 11.5. The number of ketones is 1. The summed E-state index contributed by atoms with van der Waals surface area (Å²) in [6, 6.07) is 0. The van der Waals surface area contributed by atoms with E-state index in [-0.39, 0.29) is 37.1 Å². The van der Waals surface area contributed by atoms with Gasteiger partial charge in [0.1, 0.15) is 43.1 Å². The molecule has 51 heavy (non-hydrogen) atoms. The summed E-state index contributed by atoms with van der Waals surface area (Å²) in [5.74, 6) is -1.63. The van der Waals surface area contributed by atoms with Crippen molar-refractivity contribution >= 4 is 71.6 Å². The Kier molecular flexibility index (Phi) is 14.4. The predicted octanol–water partition coefficient (Wildman–Crippen LogP) is -2.86. The van der Waals surface area contributed by atoms with E-state index < -0.39 is 90.1 Å². The quantitative estimate of drug-likeness (QED) is 0.0463. The number of nitrogens with one attached hydrogen (secondary N) is 2. The maximum atomic E-state index is 12.7. The number of phosphoric ester groups is 3. The number of aliphatic hydroxyl groups excluding tert-OH is 2. The second-order valence-corrected chi connectivity index (χ2v) is 16.5. The van der Waals surface area contributed by atoms with Gasteiger partial charge in [-0.2, -0.15) is 16.9 Å². The summed E-state index contributed by atoms with van der Waals surface area (Å²) in [6.07, 6.45) is -8.24. The summed E-state index contributed by atoms with van der Waals surface area (Å²) >= 11 is 3.95. The first-order valence-corrected chi connectivity index (χ1v) is 19.9. The predicted molar refractivity (Wildman–Crippen MR) is 176 cm³/mol. The van der Waals surface area contributed by atoms with Gasteiger partial charge < -0.3 is 50.1 Å². The molecule has 8 atom stereocenters. The van der Waals surface area contributed by atoms with E-state index in [1.54, 1.807) is 0 Å². The molecule has 3 heterocycles. The molecule has 24 nitrogen and oxygen atoms in total. The lowest BCUT2D eigenvalue weighted by atomic mass is 9.87. The molecular weight excluding hydrogens is 771 g/mol. The molecule has 0 aliphatic carbocycles. The number of carbonyl (C=O) groups excluding carboxylic acids is 3. The van der Waals surface area contributed by atoms with E-state index in [4.69, 9.17) is 19.5 Å². The van der Waals surface area contributed by atoms with Gasteiger partial charge in [-0.25, -0.2) is 23.7 Å². The highest BCUT2D eigenvalue weighted by molar-refractivity contribution is 7.80. The molecule has 28 heteroatoms. The number of amides is 2. The molecule has 0 spiro atoms. The number of hydrogen-bond donors (Lipinski definition) is 10. The number of aliphatic imine (C=N–C) groups is 3. The van der Waals surface area contributed by atoms with Crippen LogP contribution in [-0.4, -0.2) is 145 Å². The standard InChI is InChI=1S/C23H40N7O17P3S/c1-12(31)23(24)17-19(27-10-29-23)30(11-28-17)21-15(33)16(46-48(36,37)38)13(45-21)8-43-49(39,40)47-50(41,42)44-9-22(2,3)18(34)20(35)26-5-4-14(32)25-6-7-51/h10,13,15-16,18,21,33-34,51H,4-9,11,24H2,1-3H3,(H,25,32)(H,26,35)(H,39,40)(H,41,42)(H2,36,37,38)/t13-,15-,16-,18+,21-,23?/m1/s1. The molecule has 0 saturated carbocycles. The largest absolute Gasteiger partial charge is 0.481 e. The van der Waals surface area contributed by atoms with Gasteiger partial charge in [-0.3, -0.25) is 38.7 Å². The van der Waals surface area contributed by atoms with Crippen LogP contribution in [0.4, 0.5) is 0 Å². The Bertz CT molecular complexity index is 1580. The third-order valence-electron chi connectivity index (χ3n) is 7.36. The first-order valence-electron chi connectivity index (χ1n) is 14.7. The summed E-state index contributed by atoms with van der Waals surface area (Å²) in [5.41, 5.74) is 2.44. The number of nitrogens with two attached hydrogens (primary N) is 1. The summed E-state index contributed by atoms with van der Waals surface area (Å²) in [7, 11) is -16.4. The Labute approximate surface area is 295 Å². The topological polar surface area (TPSA) is 360 Å². The van der Waals surface area contributed by atoms with E-state index in [0.29, 0.717) is 12.3 Å². The van der Waals surface area contributed by atoms with Gasteiger partial charge in [-0.15, -0.1) is 0 Å². The van der Waals surface area contributed by atoms with Gasteiger partial charge in [0.05, 0.1) is 13.2 Å². The molecule has 3 aliphatic rings. The number of phosphoric acid groups is 3. The van der Waals surface area contributed by atoms with Crippen LogP contribution in [0.5, 0.6) is 0 Å². The van der Waals surface area contributed by atoms with Crippen molar-refractivity contribution in [3.05, 3.63) is 0 Å². The van der Waals surface area contributed by atoms with Crippen LogP contribution in [0.15, 0.2) is 15.0 Å². The van der Waals surface area contributed by atoms with E-state index in [9.17, 15) is 57.9 Å². The van der Waals surface area contributed by atoms with Crippen molar-refractivity contribution in [1.29, 1.82) is 0 Å². The molecular formula is C23H40N7O17P3S. The van der Waals surface area contributed by atoms with Crippen LogP contribution in [0, 0.1) is 5.41 Å². The normalized spacial score (nSPS) is 27.9. The fourth-order valence-electron chi connectivity index (χ4n) is 4.65. The molecule has 3 unspecified atom stereocenters. The van der Waals surface area contributed by atoms with Gasteiger partial charge in [0.2, 0.25) is 17.5 Å². The van der Waals surface area contributed by atoms with Gasteiger partial charge in [-0.05, 0) is 6.92 Å². The molecule has 0 radical (unpaired) electrons. The zero-order valence-electron chi connectivity index (χ0n) is 27.2. The average molecular weight is 812 g/mol. The monoisotopic (exact) mass is 811 g/mol. The van der Waals surface area contributed by atoms with Crippen molar-refractivity contribution in [3.8, 4) is 0 Å². The van der Waals surface area contributed by atoms with Crippen molar-refractivity contribution in [1.82, 2.24) is 15.5 Å². The maximum Gasteiger partial charge on any atom is 0.481 e. The smallest absolute Gasteiger partial charge is 0.386 e. The number of rotatable bonds is 19. The Morgan fingerprint density at radius 3 is 2.41 bits per heavy atom. The number of ether oxygens (including phenoxy) is 1. The minimum atomic E-state index is -5.58. The molecule has 290 valence electrons. The summed E-state index contributed by atoms with van der Waals surface area (Å²) < 4.78 is 60.9. The Hall–Kier alpha value is -2.02. The number of nitrogens with zero attached hydrogens (tertiary/aromatic N) is 4. The van der Waals surface area contributed by atoms with Crippen molar-refractivity contribution in [3.63, 3.8) is 0 Å². The Morgan fingerprint density at radius 1 is 1.16 bits per heavy atom. The second kappa shape index (κ2) is 17.0. The van der Waals surface area contributed by atoms with Gasteiger partial charge in [-0.1, -0.05) is 13.8 Å². The average Bonchev–Trinajstić information content (AvgIpc) is 3.58. The number of hydrogen-bond acceptors (Lipinski definition) is 19. The fourth-order valence-corrected chi connectivity index (χ4v) is 7.59. The number of thiol groups is 1. The van der Waals surface area contributed by atoms with E-state index in [0.717, 1.165) is 18.2 Å². The van der Waals surface area contributed by atoms with Crippen molar-refractivity contribution < 1.29 is 80.5 Å². The SMILES string of the molecule is CC(=O)C1(N)N=CN=C2C1=NCN2[C@@H]1O[C@H](COP(=O)(O)OP(=O)(O)OCC(C)(C)[C@@H](O)C(=O)NCCC(=O)NCCS)[C@@H](OP(=O)(O)O)[C@H]1O. The van der Waals surface area contributed by atoms with Gasteiger partial charge in [0, 0.05) is 30.7 Å². The van der Waals surface area contributed by atoms with E-state index in [1.165, 1.54) is 13.8 Å². The highest BCUT2D eigenvalue weighted by atomic mass is 32.1. The third-order valence-corrected chi connectivity index (χ3v) is 10.7. The molecule has 0 bridgehead atoms. The van der Waals surface area contributed by atoms with Crippen LogP contribution in [0.25, 0.3) is 0 Å². The van der Waals surface area contributed by atoms with Crippen LogP contribution in [0.1, 0.15) is 27.2 Å². The molecule has 0 aromatic carbocycles. The van der Waals surface area contributed by atoms with Gasteiger partial charge in [0.15, 0.2) is 17.8 Å². The van der Waals surface area contributed by atoms with E-state index in [2.05, 4.69) is 47.1 Å². The highest BCUT2D eigenvalue weighted by Crippen LogP contribution is 2.61. The number of carbonyl (C=O) groups is 3. The number of Topliss-reactive ketones (excluding diaryl/α,β-unsaturated/α-hetero) is 1. The summed E-state index contributed by atoms with van der Waals surface area (Å²) in [5, 5.41) is 26.2. The minimum Gasteiger partial charge on any atom is -0.386 e. The van der Waals surface area contributed by atoms with Crippen LogP contribution in [0.2, 0.25) is 0 Å². The Balaban J connectivity index is 1.62. The zero-order valence-corrected chi connectivity index (χ0v) is 30.8. The van der Waals surface area contributed by atoms with Crippen LogP contribution >= 0.6 is 36.1 Å². The molecule has 2 amide bonds. The lowest BCUT2D eigenvalue weighted by molar-refractivity contribution is -0.137.